The molecule has 0 N–H and O–H groups in total. The Morgan fingerprint density at radius 1 is 1.26 bits per heavy atom. The second-order valence-corrected chi connectivity index (χ2v) is 6.86. The van der Waals surface area contributed by atoms with Crippen LogP contribution in [0.5, 0.6) is 0 Å². The standard InChI is InChI=1S/C18H17N3OS/c22-17(10-18-20-15(12-23-18)14-3-4-14)16-2-1-9-21(16)11-13-5-7-19-8-6-13/h1-2,5-9,12,14H,3-4,10-11H2. The van der Waals surface area contributed by atoms with Crippen LogP contribution >= 0.6 is 11.3 Å². The molecule has 3 aromatic rings. The Morgan fingerprint density at radius 2 is 2.09 bits per heavy atom. The fraction of sp³-hybridized carbons (Fsp3) is 0.278. The third-order valence-corrected chi connectivity index (χ3v) is 4.96. The monoisotopic (exact) mass is 323 g/mol. The molecule has 116 valence electrons. The van der Waals surface area contributed by atoms with Crippen molar-refractivity contribution < 1.29 is 4.79 Å². The average molecular weight is 323 g/mol. The molecule has 1 saturated carbocycles. The predicted octanol–water partition coefficient (Wildman–Crippen LogP) is 3.69. The van der Waals surface area contributed by atoms with Crippen molar-refractivity contribution in [2.45, 2.75) is 31.7 Å². The lowest BCUT2D eigenvalue weighted by Crippen LogP contribution is -2.11. The van der Waals surface area contributed by atoms with Crippen molar-refractivity contribution in [2.75, 3.05) is 0 Å². The summed E-state index contributed by atoms with van der Waals surface area (Å²) in [4.78, 5) is 21.3. The fourth-order valence-corrected chi connectivity index (χ4v) is 3.57. The molecule has 0 aliphatic heterocycles. The maximum absolute atomic E-state index is 12.6. The number of hydrogen-bond acceptors (Lipinski definition) is 4. The summed E-state index contributed by atoms with van der Waals surface area (Å²) < 4.78 is 1.99. The molecule has 4 rings (SSSR count). The molecule has 0 radical (unpaired) electrons. The zero-order valence-corrected chi connectivity index (χ0v) is 13.5. The summed E-state index contributed by atoms with van der Waals surface area (Å²) in [5, 5.41) is 3.03. The first kappa shape index (κ1) is 14.3. The van der Waals surface area contributed by atoms with Crippen LogP contribution < -0.4 is 0 Å². The van der Waals surface area contributed by atoms with Crippen LogP contribution in [0.3, 0.4) is 0 Å². The van der Waals surface area contributed by atoms with Gasteiger partial charge in [0, 0.05) is 36.4 Å². The van der Waals surface area contributed by atoms with Gasteiger partial charge in [0.25, 0.3) is 0 Å². The summed E-state index contributed by atoms with van der Waals surface area (Å²) in [7, 11) is 0. The van der Waals surface area contributed by atoms with Crippen LogP contribution in [-0.4, -0.2) is 20.3 Å². The number of aromatic nitrogens is 3. The molecule has 1 aliphatic carbocycles. The number of hydrogen-bond donors (Lipinski definition) is 0. The van der Waals surface area contributed by atoms with Gasteiger partial charge in [-0.05, 0) is 42.7 Å². The predicted molar refractivity (Wildman–Crippen MR) is 89.9 cm³/mol. The Hall–Kier alpha value is -2.27. The van der Waals surface area contributed by atoms with Gasteiger partial charge in [-0.1, -0.05) is 0 Å². The molecule has 4 nitrogen and oxygen atoms in total. The number of ketones is 1. The highest BCUT2D eigenvalue weighted by molar-refractivity contribution is 7.09. The van der Waals surface area contributed by atoms with Gasteiger partial charge in [0.1, 0.15) is 5.01 Å². The molecule has 0 aromatic carbocycles. The van der Waals surface area contributed by atoms with E-state index in [4.69, 9.17) is 0 Å². The lowest BCUT2D eigenvalue weighted by atomic mass is 10.2. The highest BCUT2D eigenvalue weighted by Gasteiger charge is 2.26. The van der Waals surface area contributed by atoms with Crippen LogP contribution in [0.4, 0.5) is 0 Å². The van der Waals surface area contributed by atoms with Crippen LogP contribution in [0.2, 0.25) is 0 Å². The van der Waals surface area contributed by atoms with Crippen molar-refractivity contribution >= 4 is 17.1 Å². The van der Waals surface area contributed by atoms with E-state index in [-0.39, 0.29) is 5.78 Å². The van der Waals surface area contributed by atoms with Crippen molar-refractivity contribution in [1.29, 1.82) is 0 Å². The van der Waals surface area contributed by atoms with Gasteiger partial charge in [-0.3, -0.25) is 9.78 Å². The Labute approximate surface area is 138 Å². The maximum atomic E-state index is 12.6. The normalized spacial score (nSPS) is 14.1. The van der Waals surface area contributed by atoms with Crippen molar-refractivity contribution in [2.24, 2.45) is 0 Å². The number of Topliss-reactive ketones (excluding diaryl/α,β-unsaturated/α-hetero) is 1. The summed E-state index contributed by atoms with van der Waals surface area (Å²) in [6.45, 7) is 0.682. The second-order valence-electron chi connectivity index (χ2n) is 5.92. The van der Waals surface area contributed by atoms with Crippen molar-refractivity contribution in [3.05, 3.63) is 70.2 Å². The number of rotatable bonds is 6. The lowest BCUT2D eigenvalue weighted by Gasteiger charge is -2.08. The van der Waals surface area contributed by atoms with Crippen LogP contribution in [0, 0.1) is 0 Å². The number of carbonyl (C=O) groups excluding carboxylic acids is 1. The summed E-state index contributed by atoms with van der Waals surface area (Å²) in [6, 6.07) is 7.75. The van der Waals surface area contributed by atoms with E-state index in [1.54, 1.807) is 23.7 Å². The van der Waals surface area contributed by atoms with Crippen molar-refractivity contribution in [3.8, 4) is 0 Å². The molecule has 0 unspecified atom stereocenters. The van der Waals surface area contributed by atoms with Gasteiger partial charge in [-0.25, -0.2) is 4.98 Å². The van der Waals surface area contributed by atoms with E-state index in [0.29, 0.717) is 18.9 Å². The Kier molecular flexibility index (Phi) is 3.79. The lowest BCUT2D eigenvalue weighted by molar-refractivity contribution is 0.0984. The second kappa shape index (κ2) is 6.08. The number of thiazole rings is 1. The minimum Gasteiger partial charge on any atom is -0.341 e. The molecular weight excluding hydrogens is 306 g/mol. The smallest absolute Gasteiger partial charge is 0.186 e. The molecule has 1 aliphatic rings. The molecule has 0 bridgehead atoms. The van der Waals surface area contributed by atoms with Crippen LogP contribution in [0.15, 0.2) is 48.2 Å². The van der Waals surface area contributed by atoms with E-state index in [1.165, 1.54) is 18.5 Å². The first-order chi connectivity index (χ1) is 11.3. The van der Waals surface area contributed by atoms with Gasteiger partial charge in [0.2, 0.25) is 0 Å². The molecule has 23 heavy (non-hydrogen) atoms. The van der Waals surface area contributed by atoms with Crippen molar-refractivity contribution in [1.82, 2.24) is 14.5 Å². The van der Waals surface area contributed by atoms with Gasteiger partial charge in [0.15, 0.2) is 5.78 Å². The molecule has 3 aromatic heterocycles. The molecule has 0 spiro atoms. The van der Waals surface area contributed by atoms with Gasteiger partial charge in [0.05, 0.1) is 17.8 Å². The molecule has 5 heteroatoms. The summed E-state index contributed by atoms with van der Waals surface area (Å²) >= 11 is 1.60. The molecular formula is C18H17N3OS. The molecule has 0 saturated heterocycles. The van der Waals surface area contributed by atoms with Crippen LogP contribution in [0.25, 0.3) is 0 Å². The van der Waals surface area contributed by atoms with Gasteiger partial charge >= 0.3 is 0 Å². The van der Waals surface area contributed by atoms with Crippen LogP contribution in [0.1, 0.15) is 45.5 Å². The zero-order chi connectivity index (χ0) is 15.6. The summed E-state index contributed by atoms with van der Waals surface area (Å²) in [5.74, 6) is 0.770. The van der Waals surface area contributed by atoms with E-state index < -0.39 is 0 Å². The van der Waals surface area contributed by atoms with E-state index >= 15 is 0 Å². The molecule has 1 fully saturated rings. The highest BCUT2D eigenvalue weighted by Crippen LogP contribution is 2.40. The zero-order valence-electron chi connectivity index (χ0n) is 12.7. The number of nitrogens with zero attached hydrogens (tertiary/aromatic N) is 3. The summed E-state index contributed by atoms with van der Waals surface area (Å²) in [5.41, 5.74) is 3.05. The minimum absolute atomic E-state index is 0.126. The molecule has 3 heterocycles. The Morgan fingerprint density at radius 3 is 2.87 bits per heavy atom. The minimum atomic E-state index is 0.126. The Balaban J connectivity index is 1.48. The summed E-state index contributed by atoms with van der Waals surface area (Å²) in [6.07, 6.45) is 8.37. The number of carbonyl (C=O) groups is 1. The first-order valence-corrected chi connectivity index (χ1v) is 8.69. The topological polar surface area (TPSA) is 47.8 Å². The SMILES string of the molecule is O=C(Cc1nc(C2CC2)cs1)c1cccn1Cc1ccncc1. The highest BCUT2D eigenvalue weighted by atomic mass is 32.1. The van der Waals surface area contributed by atoms with E-state index in [9.17, 15) is 4.79 Å². The molecule has 0 atom stereocenters. The van der Waals surface area contributed by atoms with Crippen LogP contribution in [-0.2, 0) is 13.0 Å². The third kappa shape index (κ3) is 3.24. The van der Waals surface area contributed by atoms with E-state index in [0.717, 1.165) is 16.3 Å². The fourth-order valence-electron chi connectivity index (χ4n) is 2.69. The number of pyridine rings is 1. The van der Waals surface area contributed by atoms with Gasteiger partial charge in [-0.2, -0.15) is 0 Å². The molecule has 0 amide bonds. The average Bonchev–Trinajstić information content (AvgIpc) is 3.13. The first-order valence-electron chi connectivity index (χ1n) is 7.81. The van der Waals surface area contributed by atoms with Gasteiger partial charge in [-0.15, -0.1) is 11.3 Å². The van der Waals surface area contributed by atoms with Crippen molar-refractivity contribution in [3.63, 3.8) is 0 Å². The van der Waals surface area contributed by atoms with E-state index in [1.807, 2.05) is 35.0 Å². The van der Waals surface area contributed by atoms with Gasteiger partial charge < -0.3 is 4.57 Å². The maximum Gasteiger partial charge on any atom is 0.186 e. The third-order valence-electron chi connectivity index (χ3n) is 4.09. The quantitative estimate of drug-likeness (QED) is 0.650. The van der Waals surface area contributed by atoms with E-state index in [2.05, 4.69) is 15.3 Å². The Bertz CT molecular complexity index is 818. The largest absolute Gasteiger partial charge is 0.341 e.